The Morgan fingerprint density at radius 1 is 1.12 bits per heavy atom. The topological polar surface area (TPSA) is 64.6 Å². The molecule has 0 aliphatic rings. The molecule has 2 rings (SSSR count). The quantitative estimate of drug-likeness (QED) is 0.633. The minimum atomic E-state index is -0.697. The molecule has 6 heteroatoms. The third kappa shape index (κ3) is 5.73. The highest BCUT2D eigenvalue weighted by Gasteiger charge is 2.07. The van der Waals surface area contributed by atoms with Gasteiger partial charge in [-0.25, -0.2) is 9.18 Å². The number of ether oxygens (including phenoxy) is 2. The summed E-state index contributed by atoms with van der Waals surface area (Å²) < 4.78 is 23.3. The van der Waals surface area contributed by atoms with Gasteiger partial charge in [-0.2, -0.15) is 0 Å². The van der Waals surface area contributed by atoms with Gasteiger partial charge in [0.25, 0.3) is 5.91 Å². The molecule has 0 aromatic heterocycles. The first-order valence-corrected chi connectivity index (χ1v) is 7.94. The van der Waals surface area contributed by atoms with Crippen molar-refractivity contribution in [3.63, 3.8) is 0 Å². The van der Waals surface area contributed by atoms with Crippen LogP contribution in [0.5, 0.6) is 5.75 Å². The van der Waals surface area contributed by atoms with E-state index >= 15 is 0 Å². The van der Waals surface area contributed by atoms with Gasteiger partial charge in [0.1, 0.15) is 0 Å². The van der Waals surface area contributed by atoms with Crippen molar-refractivity contribution < 1.29 is 23.5 Å². The number of methoxy groups -OCH3 is 1. The van der Waals surface area contributed by atoms with Crippen LogP contribution < -0.4 is 10.1 Å². The van der Waals surface area contributed by atoms with E-state index < -0.39 is 24.3 Å². The van der Waals surface area contributed by atoms with E-state index in [4.69, 9.17) is 9.47 Å². The van der Waals surface area contributed by atoms with Gasteiger partial charge in [-0.05, 0) is 60.9 Å². The highest BCUT2D eigenvalue weighted by molar-refractivity contribution is 5.94. The molecule has 0 radical (unpaired) electrons. The molecule has 0 aliphatic carbocycles. The first kappa shape index (κ1) is 19.2. The summed E-state index contributed by atoms with van der Waals surface area (Å²) in [7, 11) is 1.37. The number of hydrogen-bond donors (Lipinski definition) is 1. The lowest BCUT2D eigenvalue weighted by Gasteiger charge is -2.07. The third-order valence-corrected chi connectivity index (χ3v) is 3.44. The minimum Gasteiger partial charge on any atom is -0.494 e. The van der Waals surface area contributed by atoms with Gasteiger partial charge in [-0.3, -0.25) is 4.79 Å². The number of rotatable bonds is 6. The van der Waals surface area contributed by atoms with Crippen molar-refractivity contribution in [3.8, 4) is 5.75 Å². The highest BCUT2D eigenvalue weighted by atomic mass is 19.1. The van der Waals surface area contributed by atoms with Crippen LogP contribution in [0.3, 0.4) is 0 Å². The number of benzene rings is 2. The summed E-state index contributed by atoms with van der Waals surface area (Å²) in [6, 6.07) is 9.92. The van der Waals surface area contributed by atoms with Crippen LogP contribution in [-0.2, 0) is 14.3 Å². The standard InChI is InChI=1S/C20H20FNO4/c1-13-8-14(2)10-16(9-13)22-19(23)12-26-20(24)7-5-15-4-6-18(25-3)17(21)11-15/h4-11H,12H2,1-3H3,(H,22,23)/b7-5+. The van der Waals surface area contributed by atoms with Gasteiger partial charge < -0.3 is 14.8 Å². The lowest BCUT2D eigenvalue weighted by molar-refractivity contribution is -0.142. The van der Waals surface area contributed by atoms with Crippen molar-refractivity contribution in [2.45, 2.75) is 13.8 Å². The van der Waals surface area contributed by atoms with E-state index in [1.807, 2.05) is 32.0 Å². The summed E-state index contributed by atoms with van der Waals surface area (Å²) in [5.74, 6) is -1.55. The molecular formula is C20H20FNO4. The Bertz CT molecular complexity index is 825. The molecule has 0 heterocycles. The van der Waals surface area contributed by atoms with Crippen LogP contribution in [0.2, 0.25) is 0 Å². The van der Waals surface area contributed by atoms with E-state index in [1.165, 1.54) is 25.3 Å². The van der Waals surface area contributed by atoms with Crippen LogP contribution in [0.1, 0.15) is 16.7 Å². The Morgan fingerprint density at radius 2 is 1.81 bits per heavy atom. The fourth-order valence-corrected chi connectivity index (χ4v) is 2.38. The maximum Gasteiger partial charge on any atom is 0.331 e. The van der Waals surface area contributed by atoms with E-state index in [2.05, 4.69) is 5.32 Å². The van der Waals surface area contributed by atoms with Gasteiger partial charge >= 0.3 is 5.97 Å². The molecular weight excluding hydrogens is 337 g/mol. The number of aryl methyl sites for hydroxylation is 2. The number of anilines is 1. The molecule has 0 spiro atoms. The average molecular weight is 357 g/mol. The zero-order chi connectivity index (χ0) is 19.1. The molecule has 0 saturated carbocycles. The van der Waals surface area contributed by atoms with Crippen molar-refractivity contribution in [3.05, 3.63) is 65.0 Å². The van der Waals surface area contributed by atoms with Gasteiger partial charge in [0.2, 0.25) is 0 Å². The van der Waals surface area contributed by atoms with Gasteiger partial charge in [0.05, 0.1) is 7.11 Å². The summed E-state index contributed by atoms with van der Waals surface area (Å²) in [5, 5.41) is 2.67. The zero-order valence-electron chi connectivity index (χ0n) is 14.8. The van der Waals surface area contributed by atoms with E-state index in [0.29, 0.717) is 11.3 Å². The largest absolute Gasteiger partial charge is 0.494 e. The van der Waals surface area contributed by atoms with Crippen molar-refractivity contribution >= 4 is 23.6 Å². The first-order valence-electron chi connectivity index (χ1n) is 7.94. The summed E-state index contributed by atoms with van der Waals surface area (Å²) >= 11 is 0. The van der Waals surface area contributed by atoms with Crippen LogP contribution in [0.15, 0.2) is 42.5 Å². The lowest BCUT2D eigenvalue weighted by Crippen LogP contribution is -2.20. The summed E-state index contributed by atoms with van der Waals surface area (Å²) in [4.78, 5) is 23.5. The SMILES string of the molecule is COc1ccc(/C=C/C(=O)OCC(=O)Nc2cc(C)cc(C)c2)cc1F. The second-order valence-electron chi connectivity index (χ2n) is 5.76. The molecule has 1 N–H and O–H groups in total. The molecule has 1 amide bonds. The van der Waals surface area contributed by atoms with Gasteiger partial charge in [-0.15, -0.1) is 0 Å². The molecule has 2 aromatic carbocycles. The lowest BCUT2D eigenvalue weighted by atomic mass is 10.1. The number of amides is 1. The average Bonchev–Trinajstić information content (AvgIpc) is 2.57. The maximum atomic E-state index is 13.6. The predicted molar refractivity (Wildman–Crippen MR) is 97.5 cm³/mol. The smallest absolute Gasteiger partial charge is 0.331 e. The van der Waals surface area contributed by atoms with E-state index in [0.717, 1.165) is 17.2 Å². The van der Waals surface area contributed by atoms with Crippen LogP contribution in [-0.4, -0.2) is 25.6 Å². The molecule has 136 valence electrons. The molecule has 0 unspecified atom stereocenters. The van der Waals surface area contributed by atoms with Crippen molar-refractivity contribution in [1.29, 1.82) is 0 Å². The van der Waals surface area contributed by atoms with Crippen LogP contribution in [0.25, 0.3) is 6.08 Å². The van der Waals surface area contributed by atoms with Crippen LogP contribution in [0.4, 0.5) is 10.1 Å². The highest BCUT2D eigenvalue weighted by Crippen LogP contribution is 2.18. The molecule has 0 saturated heterocycles. The third-order valence-electron chi connectivity index (χ3n) is 3.44. The van der Waals surface area contributed by atoms with E-state index in [9.17, 15) is 14.0 Å². The zero-order valence-corrected chi connectivity index (χ0v) is 14.8. The van der Waals surface area contributed by atoms with Crippen LogP contribution >= 0.6 is 0 Å². The minimum absolute atomic E-state index is 0.118. The Labute approximate surface area is 151 Å². The molecule has 5 nitrogen and oxygen atoms in total. The van der Waals surface area contributed by atoms with Gasteiger partial charge in [0.15, 0.2) is 18.2 Å². The molecule has 0 bridgehead atoms. The summed E-state index contributed by atoms with van der Waals surface area (Å²) in [6.07, 6.45) is 2.53. The number of carbonyl (C=O) groups excluding carboxylic acids is 2. The van der Waals surface area contributed by atoms with Crippen molar-refractivity contribution in [2.75, 3.05) is 19.0 Å². The summed E-state index contributed by atoms with van der Waals surface area (Å²) in [6.45, 7) is 3.44. The normalized spacial score (nSPS) is 10.6. The molecule has 0 fully saturated rings. The monoisotopic (exact) mass is 357 g/mol. The Hall–Kier alpha value is -3.15. The maximum absolute atomic E-state index is 13.6. The number of halogens is 1. The van der Waals surface area contributed by atoms with E-state index in [-0.39, 0.29) is 5.75 Å². The predicted octanol–water partition coefficient (Wildman–Crippen LogP) is 3.65. The molecule has 0 aliphatic heterocycles. The fourth-order valence-electron chi connectivity index (χ4n) is 2.38. The first-order chi connectivity index (χ1) is 12.4. The van der Waals surface area contributed by atoms with Crippen LogP contribution in [0, 0.1) is 19.7 Å². The van der Waals surface area contributed by atoms with Gasteiger partial charge in [-0.1, -0.05) is 12.1 Å². The second-order valence-corrected chi connectivity index (χ2v) is 5.76. The number of hydrogen-bond acceptors (Lipinski definition) is 4. The molecule has 2 aromatic rings. The van der Waals surface area contributed by atoms with Crippen molar-refractivity contribution in [2.24, 2.45) is 0 Å². The number of nitrogens with one attached hydrogen (secondary N) is 1. The molecule has 0 atom stereocenters. The number of esters is 1. The second kappa shape index (κ2) is 8.80. The fraction of sp³-hybridized carbons (Fsp3) is 0.200. The Kier molecular flexibility index (Phi) is 6.49. The van der Waals surface area contributed by atoms with Gasteiger partial charge in [0, 0.05) is 11.8 Å². The van der Waals surface area contributed by atoms with Crippen molar-refractivity contribution in [1.82, 2.24) is 0 Å². The Balaban J connectivity index is 1.85. The van der Waals surface area contributed by atoms with E-state index in [1.54, 1.807) is 6.07 Å². The Morgan fingerprint density at radius 3 is 2.42 bits per heavy atom. The summed E-state index contributed by atoms with van der Waals surface area (Å²) in [5.41, 5.74) is 3.16. The molecule has 26 heavy (non-hydrogen) atoms. The number of carbonyl (C=O) groups is 2.